The Hall–Kier alpha value is -2.21. The first kappa shape index (κ1) is 19.7. The lowest BCUT2D eigenvalue weighted by molar-refractivity contribution is 0.201. The highest BCUT2D eigenvalue weighted by molar-refractivity contribution is 5.23. The van der Waals surface area contributed by atoms with Crippen molar-refractivity contribution < 1.29 is 4.74 Å². The van der Waals surface area contributed by atoms with Crippen LogP contribution in [0.1, 0.15) is 86.4 Å². The Morgan fingerprint density at radius 1 is 1.07 bits per heavy atom. The van der Waals surface area contributed by atoms with E-state index in [1.165, 1.54) is 32.1 Å². The van der Waals surface area contributed by atoms with Gasteiger partial charge in [0.1, 0.15) is 11.9 Å². The fourth-order valence-corrected chi connectivity index (χ4v) is 5.21. The predicted molar refractivity (Wildman–Crippen MR) is 116 cm³/mol. The average Bonchev–Trinajstić information content (AvgIpc) is 3.29. The van der Waals surface area contributed by atoms with Crippen molar-refractivity contribution in [3.8, 4) is 5.88 Å². The van der Waals surface area contributed by atoms with E-state index in [0.717, 1.165) is 73.7 Å². The smallest absolute Gasteiger partial charge is 0.255 e. The molecular formula is C24H32N4O2. The molecule has 3 heterocycles. The molecule has 30 heavy (non-hydrogen) atoms. The maximum absolute atomic E-state index is 12.8. The van der Waals surface area contributed by atoms with Gasteiger partial charge in [-0.05, 0) is 44.1 Å². The van der Waals surface area contributed by atoms with E-state index in [2.05, 4.69) is 20.9 Å². The highest BCUT2D eigenvalue weighted by atomic mass is 16.5. The second-order valence-corrected chi connectivity index (χ2v) is 9.20. The Kier molecular flexibility index (Phi) is 5.84. The molecule has 2 saturated carbocycles. The van der Waals surface area contributed by atoms with Gasteiger partial charge in [0.25, 0.3) is 5.56 Å². The standard InChI is InChI=1S/C24H32N4O2/c29-24-20-16-28(13-12-21(20)26-23(27-24)18-6-2-1-3-7-18)15-17-10-11-22(25-14-17)30-19-8-4-5-9-19/h10-11,14,18-19H,1-9,12-13,15-16H2,(H,26,27,29). The van der Waals surface area contributed by atoms with Crippen LogP contribution in [0.4, 0.5) is 0 Å². The van der Waals surface area contributed by atoms with Gasteiger partial charge in [0.05, 0.1) is 11.3 Å². The Morgan fingerprint density at radius 3 is 2.63 bits per heavy atom. The van der Waals surface area contributed by atoms with Crippen LogP contribution in [0, 0.1) is 0 Å². The number of H-pyrrole nitrogens is 1. The van der Waals surface area contributed by atoms with Crippen molar-refractivity contribution in [1.29, 1.82) is 0 Å². The Balaban J connectivity index is 1.22. The molecule has 0 radical (unpaired) electrons. The largest absolute Gasteiger partial charge is 0.474 e. The van der Waals surface area contributed by atoms with Crippen LogP contribution >= 0.6 is 0 Å². The van der Waals surface area contributed by atoms with Crippen molar-refractivity contribution in [2.75, 3.05) is 6.54 Å². The number of aromatic amines is 1. The number of hydrogen-bond donors (Lipinski definition) is 1. The lowest BCUT2D eigenvalue weighted by Crippen LogP contribution is -2.36. The molecule has 0 aromatic carbocycles. The van der Waals surface area contributed by atoms with Crippen molar-refractivity contribution in [1.82, 2.24) is 19.9 Å². The molecular weight excluding hydrogens is 376 g/mol. The minimum atomic E-state index is 0.0590. The van der Waals surface area contributed by atoms with E-state index in [1.54, 1.807) is 0 Å². The molecule has 0 bridgehead atoms. The van der Waals surface area contributed by atoms with Crippen molar-refractivity contribution in [2.45, 2.75) is 89.3 Å². The minimum Gasteiger partial charge on any atom is -0.474 e. The Labute approximate surface area is 178 Å². The van der Waals surface area contributed by atoms with Gasteiger partial charge in [-0.3, -0.25) is 9.69 Å². The summed E-state index contributed by atoms with van der Waals surface area (Å²) < 4.78 is 5.97. The van der Waals surface area contributed by atoms with E-state index < -0.39 is 0 Å². The number of fused-ring (bicyclic) bond motifs is 1. The number of pyridine rings is 1. The van der Waals surface area contributed by atoms with Gasteiger partial charge < -0.3 is 9.72 Å². The van der Waals surface area contributed by atoms with Gasteiger partial charge in [-0.2, -0.15) is 0 Å². The molecule has 0 atom stereocenters. The number of nitrogens with zero attached hydrogens (tertiary/aromatic N) is 3. The first-order chi connectivity index (χ1) is 14.7. The molecule has 0 unspecified atom stereocenters. The molecule has 6 heteroatoms. The summed E-state index contributed by atoms with van der Waals surface area (Å²) in [6.45, 7) is 2.37. The van der Waals surface area contributed by atoms with Crippen LogP contribution in [0.5, 0.6) is 5.88 Å². The molecule has 2 aliphatic carbocycles. The number of ether oxygens (including phenoxy) is 1. The van der Waals surface area contributed by atoms with Crippen molar-refractivity contribution in [3.05, 3.63) is 51.3 Å². The number of aromatic nitrogens is 3. The topological polar surface area (TPSA) is 71.1 Å². The molecule has 2 fully saturated rings. The quantitative estimate of drug-likeness (QED) is 0.807. The van der Waals surface area contributed by atoms with Gasteiger partial charge in [0.15, 0.2) is 0 Å². The zero-order chi connectivity index (χ0) is 20.3. The fraction of sp³-hybridized carbons (Fsp3) is 0.625. The third-order valence-corrected chi connectivity index (χ3v) is 6.95. The van der Waals surface area contributed by atoms with Gasteiger partial charge in [0, 0.05) is 44.2 Å². The lowest BCUT2D eigenvalue weighted by atomic mass is 9.88. The first-order valence-electron chi connectivity index (χ1n) is 11.7. The van der Waals surface area contributed by atoms with E-state index in [9.17, 15) is 4.79 Å². The van der Waals surface area contributed by atoms with Crippen LogP contribution in [-0.2, 0) is 19.5 Å². The molecule has 1 aliphatic heterocycles. The Morgan fingerprint density at radius 2 is 1.87 bits per heavy atom. The summed E-state index contributed by atoms with van der Waals surface area (Å²) in [5, 5.41) is 0. The molecule has 0 amide bonds. The third kappa shape index (κ3) is 4.43. The minimum absolute atomic E-state index is 0.0590. The fourth-order valence-electron chi connectivity index (χ4n) is 5.21. The number of rotatable bonds is 5. The molecule has 1 N–H and O–H groups in total. The molecule has 0 saturated heterocycles. The molecule has 6 nitrogen and oxygen atoms in total. The summed E-state index contributed by atoms with van der Waals surface area (Å²) in [5.74, 6) is 2.09. The highest BCUT2D eigenvalue weighted by Gasteiger charge is 2.24. The van der Waals surface area contributed by atoms with Crippen LogP contribution in [-0.4, -0.2) is 32.5 Å². The van der Waals surface area contributed by atoms with Gasteiger partial charge in [-0.1, -0.05) is 25.3 Å². The average molecular weight is 409 g/mol. The summed E-state index contributed by atoms with van der Waals surface area (Å²) in [4.78, 5) is 27.6. The van der Waals surface area contributed by atoms with Gasteiger partial charge in [-0.15, -0.1) is 0 Å². The summed E-state index contributed by atoms with van der Waals surface area (Å²) in [6, 6.07) is 4.08. The highest BCUT2D eigenvalue weighted by Crippen LogP contribution is 2.31. The van der Waals surface area contributed by atoms with Crippen LogP contribution in [0.2, 0.25) is 0 Å². The monoisotopic (exact) mass is 408 g/mol. The van der Waals surface area contributed by atoms with Crippen molar-refractivity contribution in [2.24, 2.45) is 0 Å². The van der Waals surface area contributed by atoms with Crippen LogP contribution in [0.25, 0.3) is 0 Å². The van der Waals surface area contributed by atoms with Crippen molar-refractivity contribution >= 4 is 0 Å². The number of nitrogens with one attached hydrogen (secondary N) is 1. The summed E-state index contributed by atoms with van der Waals surface area (Å²) >= 11 is 0. The maximum atomic E-state index is 12.8. The normalized spacial score (nSPS) is 20.9. The second kappa shape index (κ2) is 8.88. The SMILES string of the molecule is O=c1[nH]c(C2CCCCC2)nc2c1CN(Cc1ccc(OC3CCCC3)nc1)CC2. The second-order valence-electron chi connectivity index (χ2n) is 9.20. The summed E-state index contributed by atoms with van der Waals surface area (Å²) in [7, 11) is 0. The molecule has 2 aromatic heterocycles. The van der Waals surface area contributed by atoms with Gasteiger partial charge in [0.2, 0.25) is 5.88 Å². The van der Waals surface area contributed by atoms with E-state index >= 15 is 0 Å². The Bertz CT molecular complexity index is 912. The molecule has 5 rings (SSSR count). The zero-order valence-electron chi connectivity index (χ0n) is 17.7. The molecule has 2 aromatic rings. The lowest BCUT2D eigenvalue weighted by Gasteiger charge is -2.29. The van der Waals surface area contributed by atoms with Crippen LogP contribution in [0.15, 0.2) is 23.1 Å². The number of hydrogen-bond acceptors (Lipinski definition) is 5. The molecule has 160 valence electrons. The molecule has 0 spiro atoms. The van der Waals surface area contributed by atoms with E-state index in [-0.39, 0.29) is 5.56 Å². The van der Waals surface area contributed by atoms with E-state index in [1.807, 2.05) is 12.3 Å². The van der Waals surface area contributed by atoms with Crippen LogP contribution in [0.3, 0.4) is 0 Å². The van der Waals surface area contributed by atoms with E-state index in [4.69, 9.17) is 9.72 Å². The summed E-state index contributed by atoms with van der Waals surface area (Å²) in [5.41, 5.74) is 3.06. The van der Waals surface area contributed by atoms with Crippen LogP contribution < -0.4 is 10.3 Å². The zero-order valence-corrected chi connectivity index (χ0v) is 17.7. The van der Waals surface area contributed by atoms with Gasteiger partial charge in [-0.25, -0.2) is 9.97 Å². The summed E-state index contributed by atoms with van der Waals surface area (Å²) in [6.07, 6.45) is 14.0. The van der Waals surface area contributed by atoms with Gasteiger partial charge >= 0.3 is 0 Å². The predicted octanol–water partition coefficient (Wildman–Crippen LogP) is 4.09. The van der Waals surface area contributed by atoms with Crippen molar-refractivity contribution in [3.63, 3.8) is 0 Å². The third-order valence-electron chi connectivity index (χ3n) is 6.95. The van der Waals surface area contributed by atoms with E-state index in [0.29, 0.717) is 18.6 Å². The maximum Gasteiger partial charge on any atom is 0.255 e. The molecule has 3 aliphatic rings. The first-order valence-corrected chi connectivity index (χ1v) is 11.7.